The minimum Gasteiger partial charge on any atom is -0.378 e. The van der Waals surface area contributed by atoms with Crippen molar-refractivity contribution in [2.45, 2.75) is 45.9 Å². The van der Waals surface area contributed by atoms with Gasteiger partial charge in [0, 0.05) is 39.9 Å². The van der Waals surface area contributed by atoms with Crippen LogP contribution in [0.1, 0.15) is 37.8 Å². The number of nitrogens with zero attached hydrogens (tertiary/aromatic N) is 2. The van der Waals surface area contributed by atoms with Crippen molar-refractivity contribution in [1.29, 1.82) is 0 Å². The van der Waals surface area contributed by atoms with Crippen LogP contribution in [-0.4, -0.2) is 50.3 Å². The highest BCUT2D eigenvalue weighted by Gasteiger charge is 2.21. The molecule has 2 rings (SSSR count). The Morgan fingerprint density at radius 1 is 1.17 bits per heavy atom. The molecule has 1 aromatic carbocycles. The highest BCUT2D eigenvalue weighted by molar-refractivity contribution is 5.80. The Kier molecular flexibility index (Phi) is 8.05. The smallest absolute Gasteiger partial charge is 0.193 e. The zero-order valence-electron chi connectivity index (χ0n) is 15.3. The molecule has 0 radical (unpaired) electrons. The summed E-state index contributed by atoms with van der Waals surface area (Å²) >= 11 is 0. The summed E-state index contributed by atoms with van der Waals surface area (Å²) in [5, 5.41) is 3.50. The van der Waals surface area contributed by atoms with Crippen LogP contribution in [0.25, 0.3) is 0 Å². The average Bonchev–Trinajstić information content (AvgIpc) is 2.63. The second-order valence-electron chi connectivity index (χ2n) is 5.95. The molecule has 1 aromatic rings. The standard InChI is InChI=1S/C19H31N3O2/c1-4-23-15-17-9-7-6-8-16(17)14-21-19(20-3)22-12-10-18(11-13-22)24-5-2/h6-9,18H,4-5,10-15H2,1-3H3,(H,20,21). The van der Waals surface area contributed by atoms with E-state index in [0.717, 1.165) is 51.6 Å². The molecule has 0 unspecified atom stereocenters. The third kappa shape index (κ3) is 5.49. The van der Waals surface area contributed by atoms with E-state index < -0.39 is 0 Å². The highest BCUT2D eigenvalue weighted by atomic mass is 16.5. The van der Waals surface area contributed by atoms with Crippen molar-refractivity contribution < 1.29 is 9.47 Å². The molecule has 5 heteroatoms. The number of benzene rings is 1. The van der Waals surface area contributed by atoms with E-state index in [-0.39, 0.29) is 0 Å². The summed E-state index contributed by atoms with van der Waals surface area (Å²) in [6, 6.07) is 8.41. The number of rotatable bonds is 7. The first-order chi connectivity index (χ1) is 11.8. The summed E-state index contributed by atoms with van der Waals surface area (Å²) < 4.78 is 11.3. The number of aliphatic imine (C=N–C) groups is 1. The van der Waals surface area contributed by atoms with Crippen molar-refractivity contribution in [1.82, 2.24) is 10.2 Å². The predicted molar refractivity (Wildman–Crippen MR) is 98.2 cm³/mol. The molecule has 0 spiro atoms. The van der Waals surface area contributed by atoms with Gasteiger partial charge in [-0.05, 0) is 37.8 Å². The van der Waals surface area contributed by atoms with Crippen LogP contribution in [0.2, 0.25) is 0 Å². The van der Waals surface area contributed by atoms with Gasteiger partial charge in [0.15, 0.2) is 5.96 Å². The van der Waals surface area contributed by atoms with Crippen molar-refractivity contribution in [2.24, 2.45) is 4.99 Å². The summed E-state index contributed by atoms with van der Waals surface area (Å²) in [6.07, 6.45) is 2.53. The van der Waals surface area contributed by atoms with Crippen LogP contribution in [0.3, 0.4) is 0 Å². The number of hydrogen-bond donors (Lipinski definition) is 1. The molecule has 24 heavy (non-hydrogen) atoms. The first kappa shape index (κ1) is 18.7. The molecule has 0 aromatic heterocycles. The second-order valence-corrected chi connectivity index (χ2v) is 5.95. The van der Waals surface area contributed by atoms with E-state index in [1.54, 1.807) is 0 Å². The van der Waals surface area contributed by atoms with Crippen LogP contribution in [-0.2, 0) is 22.6 Å². The van der Waals surface area contributed by atoms with Gasteiger partial charge in [-0.2, -0.15) is 0 Å². The van der Waals surface area contributed by atoms with Crippen molar-refractivity contribution in [2.75, 3.05) is 33.4 Å². The Morgan fingerprint density at radius 3 is 2.50 bits per heavy atom. The lowest BCUT2D eigenvalue weighted by Gasteiger charge is -2.34. The van der Waals surface area contributed by atoms with Crippen molar-refractivity contribution in [3.8, 4) is 0 Å². The van der Waals surface area contributed by atoms with E-state index >= 15 is 0 Å². The zero-order chi connectivity index (χ0) is 17.2. The molecular weight excluding hydrogens is 302 g/mol. The van der Waals surface area contributed by atoms with Crippen molar-refractivity contribution >= 4 is 5.96 Å². The van der Waals surface area contributed by atoms with Crippen LogP contribution in [0.4, 0.5) is 0 Å². The number of nitrogens with one attached hydrogen (secondary N) is 1. The number of ether oxygens (including phenoxy) is 2. The van der Waals surface area contributed by atoms with E-state index in [1.807, 2.05) is 14.0 Å². The normalized spacial score (nSPS) is 16.5. The lowest BCUT2D eigenvalue weighted by molar-refractivity contribution is 0.0263. The Balaban J connectivity index is 1.88. The quantitative estimate of drug-likeness (QED) is 0.616. The molecule has 0 atom stereocenters. The van der Waals surface area contributed by atoms with Crippen LogP contribution in [0.15, 0.2) is 29.3 Å². The first-order valence-corrected chi connectivity index (χ1v) is 9.00. The molecule has 0 bridgehead atoms. The molecule has 0 aliphatic carbocycles. The maximum absolute atomic E-state index is 5.73. The summed E-state index contributed by atoms with van der Waals surface area (Å²) in [4.78, 5) is 6.77. The summed E-state index contributed by atoms with van der Waals surface area (Å²) in [5.74, 6) is 0.969. The molecule has 0 saturated carbocycles. The number of piperidine rings is 1. The monoisotopic (exact) mass is 333 g/mol. The zero-order valence-corrected chi connectivity index (χ0v) is 15.3. The summed E-state index contributed by atoms with van der Waals surface area (Å²) in [5.41, 5.74) is 2.49. The third-order valence-corrected chi connectivity index (χ3v) is 4.37. The van der Waals surface area contributed by atoms with Gasteiger partial charge >= 0.3 is 0 Å². The van der Waals surface area contributed by atoms with Gasteiger partial charge in [-0.1, -0.05) is 24.3 Å². The van der Waals surface area contributed by atoms with Crippen LogP contribution in [0, 0.1) is 0 Å². The van der Waals surface area contributed by atoms with Gasteiger partial charge < -0.3 is 19.7 Å². The van der Waals surface area contributed by atoms with Crippen molar-refractivity contribution in [3.63, 3.8) is 0 Å². The molecular formula is C19H31N3O2. The minimum atomic E-state index is 0.399. The number of likely N-dealkylation sites (tertiary alicyclic amines) is 1. The van der Waals surface area contributed by atoms with Gasteiger partial charge in [-0.25, -0.2) is 0 Å². The molecule has 1 N–H and O–H groups in total. The van der Waals surface area contributed by atoms with E-state index in [1.165, 1.54) is 11.1 Å². The Bertz CT molecular complexity index is 511. The van der Waals surface area contributed by atoms with Gasteiger partial charge in [0.05, 0.1) is 12.7 Å². The summed E-state index contributed by atoms with van der Waals surface area (Å²) in [7, 11) is 1.85. The van der Waals surface area contributed by atoms with Gasteiger partial charge in [0.2, 0.25) is 0 Å². The van der Waals surface area contributed by atoms with Crippen LogP contribution in [0.5, 0.6) is 0 Å². The molecule has 1 saturated heterocycles. The average molecular weight is 333 g/mol. The van der Waals surface area contributed by atoms with Crippen molar-refractivity contribution in [3.05, 3.63) is 35.4 Å². The topological polar surface area (TPSA) is 46.1 Å². The number of guanidine groups is 1. The van der Waals surface area contributed by atoms with Gasteiger partial charge in [0.1, 0.15) is 0 Å². The van der Waals surface area contributed by atoms with E-state index in [4.69, 9.17) is 9.47 Å². The maximum atomic E-state index is 5.73. The Hall–Kier alpha value is -1.59. The molecule has 1 heterocycles. The SMILES string of the molecule is CCOCc1ccccc1CNC(=NC)N1CCC(OCC)CC1. The maximum Gasteiger partial charge on any atom is 0.193 e. The fraction of sp³-hybridized carbons (Fsp3) is 0.632. The summed E-state index contributed by atoms with van der Waals surface area (Å²) in [6.45, 7) is 9.03. The van der Waals surface area contributed by atoms with Crippen LogP contribution < -0.4 is 5.32 Å². The molecule has 1 aliphatic heterocycles. The predicted octanol–water partition coefficient (Wildman–Crippen LogP) is 2.80. The largest absolute Gasteiger partial charge is 0.378 e. The molecule has 5 nitrogen and oxygen atoms in total. The fourth-order valence-electron chi connectivity index (χ4n) is 3.06. The lowest BCUT2D eigenvalue weighted by atomic mass is 10.1. The minimum absolute atomic E-state index is 0.399. The second kappa shape index (κ2) is 10.3. The van der Waals surface area contributed by atoms with Crippen LogP contribution >= 0.6 is 0 Å². The fourth-order valence-corrected chi connectivity index (χ4v) is 3.06. The van der Waals surface area contributed by atoms with E-state index in [0.29, 0.717) is 12.7 Å². The van der Waals surface area contributed by atoms with E-state index in [2.05, 4.69) is 46.4 Å². The van der Waals surface area contributed by atoms with Gasteiger partial charge in [0.25, 0.3) is 0 Å². The Morgan fingerprint density at radius 2 is 1.88 bits per heavy atom. The third-order valence-electron chi connectivity index (χ3n) is 4.37. The highest BCUT2D eigenvalue weighted by Crippen LogP contribution is 2.14. The van der Waals surface area contributed by atoms with E-state index in [9.17, 15) is 0 Å². The van der Waals surface area contributed by atoms with Gasteiger partial charge in [-0.15, -0.1) is 0 Å². The molecule has 134 valence electrons. The first-order valence-electron chi connectivity index (χ1n) is 9.00. The lowest BCUT2D eigenvalue weighted by Crippen LogP contribution is -2.46. The number of hydrogen-bond acceptors (Lipinski definition) is 3. The molecule has 0 amide bonds. The molecule has 1 aliphatic rings. The van der Waals surface area contributed by atoms with Gasteiger partial charge in [-0.3, -0.25) is 4.99 Å². The molecule has 1 fully saturated rings. The Labute approximate surface area is 146 Å².